The molecule has 0 atom stereocenters. The fourth-order valence-electron chi connectivity index (χ4n) is 3.42. The monoisotopic (exact) mass is 495 g/mol. The Bertz CT molecular complexity index is 1140. The van der Waals surface area contributed by atoms with Crippen molar-refractivity contribution < 1.29 is 32.3 Å². The summed E-state index contributed by atoms with van der Waals surface area (Å²) in [5, 5.41) is 3.01. The minimum absolute atomic E-state index is 0.0760. The molecule has 178 valence electrons. The summed E-state index contributed by atoms with van der Waals surface area (Å²) in [6, 6.07) is 5.60. The van der Waals surface area contributed by atoms with Crippen molar-refractivity contribution >= 4 is 44.3 Å². The number of rotatable bonds is 7. The summed E-state index contributed by atoms with van der Waals surface area (Å²) in [5.41, 5.74) is 0.746. The molecule has 1 aliphatic rings. The highest BCUT2D eigenvalue weighted by molar-refractivity contribution is 7.89. The summed E-state index contributed by atoms with van der Waals surface area (Å²) in [6.07, 6.45) is 0.695. The first-order valence-corrected chi connectivity index (χ1v) is 12.6. The Balaban J connectivity index is 1.60. The molecule has 1 amide bonds. The quantitative estimate of drug-likeness (QED) is 0.580. The highest BCUT2D eigenvalue weighted by atomic mass is 32.2. The largest absolute Gasteiger partial charge is 0.465 e. The van der Waals surface area contributed by atoms with Gasteiger partial charge in [0.05, 0.1) is 29.9 Å². The summed E-state index contributed by atoms with van der Waals surface area (Å²) in [5.74, 6) is -1.67. The second-order valence-corrected chi connectivity index (χ2v) is 10.3. The van der Waals surface area contributed by atoms with E-state index in [-0.39, 0.29) is 42.0 Å². The minimum Gasteiger partial charge on any atom is -0.465 e. The van der Waals surface area contributed by atoms with Gasteiger partial charge in [-0.2, -0.15) is 4.31 Å². The molecule has 1 fully saturated rings. The van der Waals surface area contributed by atoms with E-state index >= 15 is 0 Å². The van der Waals surface area contributed by atoms with Gasteiger partial charge in [0.2, 0.25) is 15.9 Å². The minimum atomic E-state index is -3.75. The number of amides is 1. The Morgan fingerprint density at radius 1 is 1.15 bits per heavy atom. The lowest BCUT2D eigenvalue weighted by atomic mass is 9.97. The maximum atomic E-state index is 13.0. The van der Waals surface area contributed by atoms with Gasteiger partial charge in [-0.1, -0.05) is 11.3 Å². The Labute approximate surface area is 196 Å². The third-order valence-electron chi connectivity index (χ3n) is 5.23. The number of hydrogen-bond acceptors (Lipinski definition) is 9. The lowest BCUT2D eigenvalue weighted by Crippen LogP contribution is -2.41. The molecule has 33 heavy (non-hydrogen) atoms. The Hall–Kier alpha value is -2.83. The predicted octanol–water partition coefficient (Wildman–Crippen LogP) is 2.45. The van der Waals surface area contributed by atoms with Crippen molar-refractivity contribution in [3.05, 3.63) is 40.4 Å². The van der Waals surface area contributed by atoms with E-state index in [0.717, 1.165) is 11.3 Å². The molecule has 1 aromatic carbocycles. The van der Waals surface area contributed by atoms with Crippen LogP contribution in [0.1, 0.15) is 45.5 Å². The van der Waals surface area contributed by atoms with Crippen LogP contribution in [0.4, 0.5) is 5.13 Å². The number of methoxy groups -OCH3 is 1. The van der Waals surface area contributed by atoms with Crippen molar-refractivity contribution in [1.29, 1.82) is 0 Å². The standard InChI is InChI=1S/C21H25N3O7S2/c1-4-31-19(26)15-5-7-16(8-6-15)33(28,29)24-11-9-14(10-12-24)18(25)23-21-22-13(2)17(32-21)20(27)30-3/h5-8,14H,4,9-12H2,1-3H3,(H,22,23,25). The van der Waals surface area contributed by atoms with Crippen LogP contribution >= 0.6 is 11.3 Å². The Kier molecular flexibility index (Phi) is 7.82. The van der Waals surface area contributed by atoms with Crippen molar-refractivity contribution in [2.45, 2.75) is 31.6 Å². The number of nitrogens with one attached hydrogen (secondary N) is 1. The molecule has 0 spiro atoms. The van der Waals surface area contributed by atoms with Crippen LogP contribution in [-0.4, -0.2) is 62.4 Å². The van der Waals surface area contributed by atoms with E-state index in [0.29, 0.717) is 28.5 Å². The average Bonchev–Trinajstić information content (AvgIpc) is 3.18. The van der Waals surface area contributed by atoms with Gasteiger partial charge >= 0.3 is 11.9 Å². The van der Waals surface area contributed by atoms with Crippen LogP contribution in [-0.2, 0) is 24.3 Å². The second-order valence-electron chi connectivity index (χ2n) is 7.34. The van der Waals surface area contributed by atoms with Crippen molar-refractivity contribution in [3.8, 4) is 0 Å². The number of benzene rings is 1. The zero-order chi connectivity index (χ0) is 24.2. The van der Waals surface area contributed by atoms with E-state index in [1.54, 1.807) is 13.8 Å². The Morgan fingerprint density at radius 2 is 1.79 bits per heavy atom. The first-order valence-electron chi connectivity index (χ1n) is 10.3. The van der Waals surface area contributed by atoms with Crippen LogP contribution in [0.15, 0.2) is 29.2 Å². The highest BCUT2D eigenvalue weighted by Crippen LogP contribution is 2.27. The van der Waals surface area contributed by atoms with Gasteiger partial charge in [0.1, 0.15) is 4.88 Å². The summed E-state index contributed by atoms with van der Waals surface area (Å²) in [6.45, 7) is 3.95. The number of sulfonamides is 1. The molecule has 2 heterocycles. The van der Waals surface area contributed by atoms with Gasteiger partial charge < -0.3 is 14.8 Å². The van der Waals surface area contributed by atoms with E-state index < -0.39 is 22.0 Å². The van der Waals surface area contributed by atoms with Crippen molar-refractivity contribution in [3.63, 3.8) is 0 Å². The number of hydrogen-bond donors (Lipinski definition) is 1. The van der Waals surface area contributed by atoms with Crippen LogP contribution in [0, 0.1) is 12.8 Å². The normalized spacial score (nSPS) is 15.1. The molecular weight excluding hydrogens is 470 g/mol. The summed E-state index contributed by atoms with van der Waals surface area (Å²) in [4.78, 5) is 40.7. The molecule has 3 rings (SSSR count). The van der Waals surface area contributed by atoms with Crippen LogP contribution in [0.2, 0.25) is 0 Å². The zero-order valence-electron chi connectivity index (χ0n) is 18.5. The number of carbonyl (C=O) groups is 3. The van der Waals surface area contributed by atoms with E-state index in [9.17, 15) is 22.8 Å². The van der Waals surface area contributed by atoms with Crippen molar-refractivity contribution in [2.24, 2.45) is 5.92 Å². The molecule has 10 nitrogen and oxygen atoms in total. The molecule has 1 aliphatic heterocycles. The van der Waals surface area contributed by atoms with Crippen LogP contribution < -0.4 is 5.32 Å². The number of thiazole rings is 1. The van der Waals surface area contributed by atoms with Gasteiger partial charge in [-0.15, -0.1) is 0 Å². The van der Waals surface area contributed by atoms with Crippen molar-refractivity contribution in [1.82, 2.24) is 9.29 Å². The second kappa shape index (κ2) is 10.4. The average molecular weight is 496 g/mol. The van der Waals surface area contributed by atoms with E-state index in [1.165, 1.54) is 35.7 Å². The van der Waals surface area contributed by atoms with Gasteiger partial charge in [0.15, 0.2) is 5.13 Å². The summed E-state index contributed by atoms with van der Waals surface area (Å²) < 4.78 is 36.8. The van der Waals surface area contributed by atoms with Gasteiger partial charge in [0, 0.05) is 19.0 Å². The van der Waals surface area contributed by atoms with Crippen LogP contribution in [0.3, 0.4) is 0 Å². The molecule has 1 N–H and O–H groups in total. The molecule has 0 aliphatic carbocycles. The third kappa shape index (κ3) is 5.57. The fourth-order valence-corrected chi connectivity index (χ4v) is 5.78. The topological polar surface area (TPSA) is 132 Å². The first kappa shape index (κ1) is 24.8. The number of aromatic nitrogens is 1. The molecule has 12 heteroatoms. The number of nitrogens with zero attached hydrogens (tertiary/aromatic N) is 2. The fraction of sp³-hybridized carbons (Fsp3) is 0.429. The SMILES string of the molecule is CCOC(=O)c1ccc(S(=O)(=O)N2CCC(C(=O)Nc3nc(C)c(C(=O)OC)s3)CC2)cc1. The molecule has 2 aromatic rings. The van der Waals surface area contributed by atoms with Crippen LogP contribution in [0.5, 0.6) is 0 Å². The first-order chi connectivity index (χ1) is 15.7. The molecule has 1 aromatic heterocycles. The number of ether oxygens (including phenoxy) is 2. The van der Waals surface area contributed by atoms with Gasteiger partial charge in [-0.05, 0) is 51.0 Å². The number of esters is 2. The molecular formula is C21H25N3O7S2. The summed E-state index contributed by atoms with van der Waals surface area (Å²) >= 11 is 1.04. The predicted molar refractivity (Wildman–Crippen MR) is 121 cm³/mol. The highest BCUT2D eigenvalue weighted by Gasteiger charge is 2.32. The molecule has 1 saturated heterocycles. The van der Waals surface area contributed by atoms with E-state index in [2.05, 4.69) is 10.3 Å². The zero-order valence-corrected chi connectivity index (χ0v) is 20.1. The summed E-state index contributed by atoms with van der Waals surface area (Å²) in [7, 11) is -2.48. The molecule has 0 unspecified atom stereocenters. The maximum absolute atomic E-state index is 13.0. The number of piperidine rings is 1. The van der Waals surface area contributed by atoms with E-state index in [1.807, 2.05) is 0 Å². The van der Waals surface area contributed by atoms with Gasteiger partial charge in [0.25, 0.3) is 0 Å². The Morgan fingerprint density at radius 3 is 2.36 bits per heavy atom. The van der Waals surface area contributed by atoms with Crippen molar-refractivity contribution in [2.75, 3.05) is 32.1 Å². The number of carbonyl (C=O) groups excluding carboxylic acids is 3. The van der Waals surface area contributed by atoms with Gasteiger partial charge in [-0.25, -0.2) is 23.0 Å². The maximum Gasteiger partial charge on any atom is 0.350 e. The third-order valence-corrected chi connectivity index (χ3v) is 8.19. The lowest BCUT2D eigenvalue weighted by Gasteiger charge is -2.30. The molecule has 0 bridgehead atoms. The number of aryl methyl sites for hydroxylation is 1. The van der Waals surface area contributed by atoms with Gasteiger partial charge in [-0.3, -0.25) is 4.79 Å². The smallest absolute Gasteiger partial charge is 0.350 e. The lowest BCUT2D eigenvalue weighted by molar-refractivity contribution is -0.120. The van der Waals surface area contributed by atoms with Crippen LogP contribution in [0.25, 0.3) is 0 Å². The number of anilines is 1. The molecule has 0 radical (unpaired) electrons. The van der Waals surface area contributed by atoms with E-state index in [4.69, 9.17) is 9.47 Å². The molecule has 0 saturated carbocycles.